The van der Waals surface area contributed by atoms with Crippen molar-refractivity contribution in [1.29, 1.82) is 0 Å². The molecule has 0 atom stereocenters. The molecule has 0 amide bonds. The molecule has 3 heteroatoms. The van der Waals surface area contributed by atoms with Crippen LogP contribution in [0.2, 0.25) is 0 Å². The average Bonchev–Trinajstić information content (AvgIpc) is 2.51. The summed E-state index contributed by atoms with van der Waals surface area (Å²) in [6, 6.07) is 9.14. The Labute approximate surface area is 156 Å². The molecule has 0 spiro atoms. The molecule has 0 aliphatic rings. The second-order valence-corrected chi connectivity index (χ2v) is 8.70. The molecule has 138 valence electrons. The number of hydrogen-bond donors (Lipinski definition) is 2. The van der Waals surface area contributed by atoms with Gasteiger partial charge in [0.05, 0.1) is 5.56 Å². The number of phenolic OH excluding ortho intramolecular Hbond substituents is 1. The van der Waals surface area contributed by atoms with Gasteiger partial charge in [0.2, 0.25) is 0 Å². The maximum absolute atomic E-state index is 11.6. The molecule has 2 rings (SSSR count). The van der Waals surface area contributed by atoms with E-state index in [0.29, 0.717) is 11.3 Å². The predicted octanol–water partition coefficient (Wildman–Crippen LogP) is 6.00. The van der Waals surface area contributed by atoms with Gasteiger partial charge in [0, 0.05) is 11.1 Å². The quantitative estimate of drug-likeness (QED) is 0.713. The Balaban J connectivity index is 2.90. The van der Waals surface area contributed by atoms with E-state index in [1.54, 1.807) is 18.2 Å². The monoisotopic (exact) mass is 352 g/mol. The normalized spacial score (nSPS) is 12.1. The van der Waals surface area contributed by atoms with Gasteiger partial charge < -0.3 is 10.2 Å². The van der Waals surface area contributed by atoms with E-state index in [-0.39, 0.29) is 16.4 Å². The summed E-state index contributed by atoms with van der Waals surface area (Å²) in [7, 11) is 0. The van der Waals surface area contributed by atoms with Gasteiger partial charge in [0.1, 0.15) is 5.75 Å². The standard InChI is InChI=1S/C23H28O3/c1-8-15-16(10-9-11-17(15)21(25)26)14-12-18(22(2,3)4)20(24)19(13-14)23(5,6)7/h8-13,24H,1H2,2-7H3,(H,25,26). The first-order valence-corrected chi connectivity index (χ1v) is 8.75. The zero-order chi connectivity index (χ0) is 19.9. The van der Waals surface area contributed by atoms with Crippen molar-refractivity contribution in [2.45, 2.75) is 52.4 Å². The second kappa shape index (κ2) is 6.64. The van der Waals surface area contributed by atoms with Gasteiger partial charge in [0.15, 0.2) is 0 Å². The highest BCUT2D eigenvalue weighted by Gasteiger charge is 2.27. The predicted molar refractivity (Wildman–Crippen MR) is 108 cm³/mol. The van der Waals surface area contributed by atoms with Crippen LogP contribution < -0.4 is 0 Å². The summed E-state index contributed by atoms with van der Waals surface area (Å²) >= 11 is 0. The van der Waals surface area contributed by atoms with Crippen LogP contribution >= 0.6 is 0 Å². The molecular weight excluding hydrogens is 324 g/mol. The molecule has 0 bridgehead atoms. The topological polar surface area (TPSA) is 57.5 Å². The zero-order valence-electron chi connectivity index (χ0n) is 16.5. The van der Waals surface area contributed by atoms with E-state index >= 15 is 0 Å². The molecule has 0 radical (unpaired) electrons. The van der Waals surface area contributed by atoms with Crippen molar-refractivity contribution in [3.05, 3.63) is 59.2 Å². The molecule has 0 saturated heterocycles. The number of rotatable bonds is 3. The van der Waals surface area contributed by atoms with E-state index in [9.17, 15) is 15.0 Å². The van der Waals surface area contributed by atoms with Crippen LogP contribution in [0.5, 0.6) is 5.75 Å². The molecule has 2 N–H and O–H groups in total. The van der Waals surface area contributed by atoms with Gasteiger partial charge in [0.25, 0.3) is 0 Å². The Kier molecular flexibility index (Phi) is 5.05. The molecule has 2 aromatic carbocycles. The number of phenols is 1. The van der Waals surface area contributed by atoms with Gasteiger partial charge in [-0.25, -0.2) is 4.79 Å². The Hall–Kier alpha value is -2.55. The largest absolute Gasteiger partial charge is 0.507 e. The molecule has 0 aromatic heterocycles. The lowest BCUT2D eigenvalue weighted by atomic mass is 9.77. The Morgan fingerprint density at radius 2 is 1.50 bits per heavy atom. The fourth-order valence-electron chi connectivity index (χ4n) is 3.16. The van der Waals surface area contributed by atoms with Crippen molar-refractivity contribution in [3.63, 3.8) is 0 Å². The van der Waals surface area contributed by atoms with Crippen molar-refractivity contribution >= 4 is 12.0 Å². The van der Waals surface area contributed by atoms with E-state index in [0.717, 1.165) is 22.3 Å². The molecule has 0 heterocycles. The Bertz CT molecular complexity index is 827. The molecule has 0 saturated carbocycles. The molecule has 0 aliphatic carbocycles. The summed E-state index contributed by atoms with van der Waals surface area (Å²) in [5.41, 5.74) is 3.68. The summed E-state index contributed by atoms with van der Waals surface area (Å²) in [6.45, 7) is 16.1. The van der Waals surface area contributed by atoms with E-state index in [2.05, 4.69) is 48.1 Å². The first kappa shape index (κ1) is 19.8. The Morgan fingerprint density at radius 3 is 1.88 bits per heavy atom. The number of carboxylic acids is 1. The highest BCUT2D eigenvalue weighted by atomic mass is 16.4. The van der Waals surface area contributed by atoms with E-state index in [1.165, 1.54) is 0 Å². The van der Waals surface area contributed by atoms with Crippen molar-refractivity contribution in [2.75, 3.05) is 0 Å². The molecule has 26 heavy (non-hydrogen) atoms. The average molecular weight is 352 g/mol. The summed E-state index contributed by atoms with van der Waals surface area (Å²) in [6.07, 6.45) is 1.58. The van der Waals surface area contributed by atoms with E-state index < -0.39 is 5.97 Å². The summed E-state index contributed by atoms with van der Waals surface area (Å²) in [5.74, 6) is -0.670. The smallest absolute Gasteiger partial charge is 0.336 e. The minimum absolute atomic E-state index is 0.222. The highest BCUT2D eigenvalue weighted by Crippen LogP contribution is 2.42. The maximum atomic E-state index is 11.6. The third kappa shape index (κ3) is 3.67. The van der Waals surface area contributed by atoms with E-state index in [4.69, 9.17) is 0 Å². The first-order chi connectivity index (χ1) is 11.9. The lowest BCUT2D eigenvalue weighted by molar-refractivity contribution is 0.0696. The SMILES string of the molecule is C=Cc1c(C(=O)O)cccc1-c1cc(C(C)(C)C)c(O)c(C(C)(C)C)c1. The third-order valence-electron chi connectivity index (χ3n) is 4.58. The van der Waals surface area contributed by atoms with Crippen LogP contribution in [0.15, 0.2) is 36.9 Å². The fraction of sp³-hybridized carbons (Fsp3) is 0.348. The van der Waals surface area contributed by atoms with Crippen LogP contribution in [0.4, 0.5) is 0 Å². The van der Waals surface area contributed by atoms with Crippen molar-refractivity contribution in [3.8, 4) is 16.9 Å². The summed E-state index contributed by atoms with van der Waals surface area (Å²) < 4.78 is 0. The van der Waals surface area contributed by atoms with Gasteiger partial charge in [-0.1, -0.05) is 66.3 Å². The van der Waals surface area contributed by atoms with Crippen LogP contribution in [-0.4, -0.2) is 16.2 Å². The lowest BCUT2D eigenvalue weighted by Gasteiger charge is -2.28. The zero-order valence-corrected chi connectivity index (χ0v) is 16.5. The van der Waals surface area contributed by atoms with E-state index in [1.807, 2.05) is 18.2 Å². The van der Waals surface area contributed by atoms with Gasteiger partial charge in [-0.05, 0) is 45.7 Å². The van der Waals surface area contributed by atoms with Crippen LogP contribution in [0, 0.1) is 0 Å². The van der Waals surface area contributed by atoms with Crippen LogP contribution in [0.3, 0.4) is 0 Å². The highest BCUT2D eigenvalue weighted by molar-refractivity contribution is 5.96. The van der Waals surface area contributed by atoms with Crippen LogP contribution in [-0.2, 0) is 10.8 Å². The molecule has 0 aliphatic heterocycles. The number of carbonyl (C=O) groups is 1. The van der Waals surface area contributed by atoms with Crippen molar-refractivity contribution in [1.82, 2.24) is 0 Å². The van der Waals surface area contributed by atoms with Crippen molar-refractivity contribution in [2.24, 2.45) is 0 Å². The Morgan fingerprint density at radius 1 is 1.00 bits per heavy atom. The third-order valence-corrected chi connectivity index (χ3v) is 4.58. The fourth-order valence-corrected chi connectivity index (χ4v) is 3.16. The number of benzene rings is 2. The van der Waals surface area contributed by atoms with Gasteiger partial charge >= 0.3 is 5.97 Å². The van der Waals surface area contributed by atoms with Gasteiger partial charge in [-0.15, -0.1) is 0 Å². The van der Waals surface area contributed by atoms with Crippen LogP contribution in [0.25, 0.3) is 17.2 Å². The lowest BCUT2D eigenvalue weighted by Crippen LogP contribution is -2.17. The number of aromatic carboxylic acids is 1. The summed E-state index contributed by atoms with van der Waals surface area (Å²) in [4.78, 5) is 11.6. The first-order valence-electron chi connectivity index (χ1n) is 8.75. The number of hydrogen-bond acceptors (Lipinski definition) is 2. The minimum atomic E-state index is -0.979. The molecule has 0 unspecified atom stereocenters. The summed E-state index contributed by atoms with van der Waals surface area (Å²) in [5, 5.41) is 20.4. The van der Waals surface area contributed by atoms with Gasteiger partial charge in [-0.3, -0.25) is 0 Å². The molecule has 2 aromatic rings. The molecular formula is C23H28O3. The number of aromatic hydroxyl groups is 1. The second-order valence-electron chi connectivity index (χ2n) is 8.70. The van der Waals surface area contributed by atoms with Crippen LogP contribution in [0.1, 0.15) is 68.6 Å². The minimum Gasteiger partial charge on any atom is -0.507 e. The molecule has 0 fully saturated rings. The van der Waals surface area contributed by atoms with Gasteiger partial charge in [-0.2, -0.15) is 0 Å². The number of carboxylic acid groups (broad SMARTS) is 1. The van der Waals surface area contributed by atoms with Crippen molar-refractivity contribution < 1.29 is 15.0 Å². The maximum Gasteiger partial charge on any atom is 0.336 e. The molecule has 3 nitrogen and oxygen atoms in total.